The van der Waals surface area contributed by atoms with Gasteiger partial charge in [0.2, 0.25) is 5.91 Å². The van der Waals surface area contributed by atoms with Gasteiger partial charge in [-0.1, -0.05) is 42.3 Å². The van der Waals surface area contributed by atoms with Crippen molar-refractivity contribution in [2.75, 3.05) is 42.6 Å². The molecule has 3 fully saturated rings. The second-order valence-electron chi connectivity index (χ2n) is 11.2. The fourth-order valence-electron chi connectivity index (χ4n) is 7.06. The molecule has 4 rings (SSSR count). The highest BCUT2D eigenvalue weighted by Crippen LogP contribution is 2.68. The van der Waals surface area contributed by atoms with Gasteiger partial charge in [0.05, 0.1) is 35.8 Å². The molecule has 1 aromatic rings. The van der Waals surface area contributed by atoms with Crippen molar-refractivity contribution in [3.63, 3.8) is 0 Å². The van der Waals surface area contributed by atoms with Crippen LogP contribution in [0.25, 0.3) is 0 Å². The number of thioether (sulfide) groups is 1. The third kappa shape index (κ3) is 5.33. The highest BCUT2D eigenvalue weighted by molar-refractivity contribution is 9.09. The quantitative estimate of drug-likeness (QED) is 0.191. The Morgan fingerprint density at radius 2 is 1.85 bits per heavy atom. The van der Waals surface area contributed by atoms with Crippen molar-refractivity contribution >= 4 is 56.9 Å². The minimum Gasteiger partial charge on any atom is -0.466 e. The van der Waals surface area contributed by atoms with Crippen LogP contribution in [0.1, 0.15) is 47.5 Å². The summed E-state index contributed by atoms with van der Waals surface area (Å²) in [5, 5.41) is 10.4. The van der Waals surface area contributed by atoms with Gasteiger partial charge in [-0.25, -0.2) is 0 Å². The third-order valence-electron chi connectivity index (χ3n) is 9.23. The molecule has 3 aliphatic heterocycles. The first-order valence-corrected chi connectivity index (χ1v) is 16.6. The Morgan fingerprint density at radius 1 is 1.22 bits per heavy atom. The molecule has 8 atom stereocenters. The van der Waals surface area contributed by atoms with Gasteiger partial charge in [0, 0.05) is 41.1 Å². The summed E-state index contributed by atoms with van der Waals surface area (Å²) in [5.74, 6) is -2.21. The molecule has 0 radical (unpaired) electrons. The van der Waals surface area contributed by atoms with Gasteiger partial charge in [-0.05, 0) is 57.4 Å². The number of alkyl halides is 1. The molecule has 0 saturated carbocycles. The summed E-state index contributed by atoms with van der Waals surface area (Å²) in [7, 11) is 0. The van der Waals surface area contributed by atoms with Crippen molar-refractivity contribution in [3.8, 4) is 0 Å². The number of esters is 1. The average molecular weight is 651 g/mol. The Bertz CT molecular complexity index is 1130. The first-order chi connectivity index (χ1) is 19.6. The number of aliphatic hydroxyl groups excluding tert-OH is 1. The van der Waals surface area contributed by atoms with Crippen LogP contribution in [0.5, 0.6) is 0 Å². The number of anilines is 2. The fourth-order valence-corrected chi connectivity index (χ4v) is 10.6. The van der Waals surface area contributed by atoms with Crippen LogP contribution in [0.4, 0.5) is 11.4 Å². The van der Waals surface area contributed by atoms with Crippen molar-refractivity contribution < 1.29 is 24.2 Å². The molecule has 3 unspecified atom stereocenters. The number of ether oxygens (including phenoxy) is 1. The third-order valence-corrected chi connectivity index (χ3v) is 12.5. The summed E-state index contributed by atoms with van der Waals surface area (Å²) in [6.07, 6.45) is 3.00. The maximum absolute atomic E-state index is 14.8. The van der Waals surface area contributed by atoms with E-state index in [4.69, 9.17) is 4.74 Å². The van der Waals surface area contributed by atoms with Crippen LogP contribution in [0.3, 0.4) is 0 Å². The molecule has 41 heavy (non-hydrogen) atoms. The van der Waals surface area contributed by atoms with Gasteiger partial charge in [0.15, 0.2) is 0 Å². The molecule has 0 aromatic heterocycles. The van der Waals surface area contributed by atoms with E-state index in [1.54, 1.807) is 34.6 Å². The molecule has 2 bridgehead atoms. The summed E-state index contributed by atoms with van der Waals surface area (Å²) >= 11 is 5.38. The van der Waals surface area contributed by atoms with E-state index < -0.39 is 28.7 Å². The Hall–Kier alpha value is -2.04. The van der Waals surface area contributed by atoms with E-state index in [9.17, 15) is 19.5 Å². The molecule has 1 spiro atoms. The first-order valence-electron chi connectivity index (χ1n) is 14.8. The molecule has 10 heteroatoms. The van der Waals surface area contributed by atoms with E-state index in [2.05, 4.69) is 41.3 Å². The van der Waals surface area contributed by atoms with Gasteiger partial charge in [-0.3, -0.25) is 14.4 Å². The summed E-state index contributed by atoms with van der Waals surface area (Å²) in [4.78, 5) is 48.1. The highest BCUT2D eigenvalue weighted by atomic mass is 79.9. The van der Waals surface area contributed by atoms with Crippen LogP contribution < -0.4 is 9.80 Å². The smallest absolute Gasteiger partial charge is 0.310 e. The highest BCUT2D eigenvalue weighted by Gasteiger charge is 2.76. The number of hydrogen-bond donors (Lipinski definition) is 1. The van der Waals surface area contributed by atoms with E-state index in [1.807, 2.05) is 38.1 Å². The minimum absolute atomic E-state index is 0.0429. The zero-order valence-corrected chi connectivity index (χ0v) is 27.2. The van der Waals surface area contributed by atoms with Gasteiger partial charge < -0.3 is 24.5 Å². The maximum Gasteiger partial charge on any atom is 0.310 e. The Morgan fingerprint density at radius 3 is 2.39 bits per heavy atom. The van der Waals surface area contributed by atoms with Crippen LogP contribution in [0, 0.1) is 17.8 Å². The molecule has 8 nitrogen and oxygen atoms in total. The van der Waals surface area contributed by atoms with Gasteiger partial charge in [-0.15, -0.1) is 18.3 Å². The number of carbonyl (C=O) groups excluding carboxylic acids is 3. The monoisotopic (exact) mass is 649 g/mol. The Kier molecular flexibility index (Phi) is 10.2. The molecular weight excluding hydrogens is 606 g/mol. The molecule has 1 N–H and O–H groups in total. The number of aliphatic hydroxyl groups is 1. The average Bonchev–Trinajstić information content (AvgIpc) is 3.56. The molecule has 3 aliphatic rings. The van der Waals surface area contributed by atoms with E-state index in [1.165, 1.54) is 0 Å². The number of nitrogens with zero attached hydrogens (tertiary/aromatic N) is 3. The zero-order valence-electron chi connectivity index (χ0n) is 24.8. The maximum atomic E-state index is 14.8. The summed E-state index contributed by atoms with van der Waals surface area (Å²) < 4.78 is 4.65. The number of hydrogen-bond acceptors (Lipinski definition) is 7. The molecule has 1 aromatic carbocycles. The van der Waals surface area contributed by atoms with Gasteiger partial charge >= 0.3 is 5.97 Å². The predicted octanol–water partition coefficient (Wildman–Crippen LogP) is 4.49. The van der Waals surface area contributed by atoms with Crippen molar-refractivity contribution in [1.29, 1.82) is 0 Å². The van der Waals surface area contributed by atoms with Crippen molar-refractivity contribution in [2.45, 2.75) is 74.4 Å². The predicted molar refractivity (Wildman–Crippen MR) is 169 cm³/mol. The van der Waals surface area contributed by atoms with E-state index in [0.29, 0.717) is 6.42 Å². The number of amides is 2. The van der Waals surface area contributed by atoms with Crippen molar-refractivity contribution in [2.24, 2.45) is 17.8 Å². The lowest BCUT2D eigenvalue weighted by atomic mass is 9.71. The fraction of sp³-hybridized carbons (Fsp3) is 0.645. The molecule has 226 valence electrons. The van der Waals surface area contributed by atoms with E-state index >= 15 is 0 Å². The molecular formula is C31H44BrN3O5S. The number of fused-ring (bicyclic) bond motifs is 1. The lowest BCUT2D eigenvalue weighted by Crippen LogP contribution is -2.59. The summed E-state index contributed by atoms with van der Waals surface area (Å²) in [5.41, 5.74) is 1.79. The summed E-state index contributed by atoms with van der Waals surface area (Å²) in [6.45, 7) is 15.9. The van der Waals surface area contributed by atoms with Crippen molar-refractivity contribution in [3.05, 3.63) is 36.9 Å². The first kappa shape index (κ1) is 31.9. The second kappa shape index (κ2) is 13.1. The lowest BCUT2D eigenvalue weighted by molar-refractivity contribution is -0.154. The largest absolute Gasteiger partial charge is 0.466 e. The Labute approximate surface area is 257 Å². The molecule has 2 amide bonds. The summed E-state index contributed by atoms with van der Waals surface area (Å²) in [6, 6.07) is 6.52. The Balaban J connectivity index is 1.82. The molecule has 3 saturated heterocycles. The van der Waals surface area contributed by atoms with Crippen LogP contribution in [0.15, 0.2) is 36.9 Å². The van der Waals surface area contributed by atoms with E-state index in [0.717, 1.165) is 30.9 Å². The van der Waals surface area contributed by atoms with Crippen LogP contribution >= 0.6 is 27.7 Å². The number of benzene rings is 1. The van der Waals surface area contributed by atoms with E-state index in [-0.39, 0.29) is 53.5 Å². The standard InChI is InChI=1S/C31H44BrN3O5S/c1-7-16-34(21-14-12-20(13-15-21)33(9-3)10-4)29(38)27-31-17-22(32)26(41-31)24(30(39)40-11-5)25(31)28(37)35(27)23(18-36)19(6)8-2/h7,12-15,19,22-27,36H,1,8-11,16-18H2,2-6H3/t19-,22?,23-,24-,25-,26-,27?,31?/m0/s1. The minimum atomic E-state index is -0.844. The van der Waals surface area contributed by atoms with Gasteiger partial charge in [0.25, 0.3) is 5.91 Å². The SMILES string of the molecule is C=CCN(C(=O)C1N([C@@H](CO)[C@@H](C)CC)C(=O)[C@@H]2[C@H](C(=O)OCC)[C@H]3SC12CC3Br)c1ccc(N(CC)CC)cc1. The zero-order chi connectivity index (χ0) is 30.1. The van der Waals surface area contributed by atoms with Crippen LogP contribution in [-0.4, -0.2) is 87.5 Å². The van der Waals surface area contributed by atoms with Crippen LogP contribution in [0.2, 0.25) is 0 Å². The van der Waals surface area contributed by atoms with Crippen molar-refractivity contribution in [1.82, 2.24) is 4.90 Å². The second-order valence-corrected chi connectivity index (χ2v) is 13.9. The topological polar surface area (TPSA) is 90.4 Å². The van der Waals surface area contributed by atoms with Crippen LogP contribution in [-0.2, 0) is 19.1 Å². The number of halogens is 1. The van der Waals surface area contributed by atoms with Gasteiger partial charge in [0.1, 0.15) is 6.04 Å². The van der Waals surface area contributed by atoms with Gasteiger partial charge in [-0.2, -0.15) is 0 Å². The molecule has 0 aliphatic carbocycles. The number of carbonyl (C=O) groups is 3. The number of likely N-dealkylation sites (tertiary alicyclic amines) is 1. The molecule has 3 heterocycles. The lowest BCUT2D eigenvalue weighted by Gasteiger charge is -2.41. The number of rotatable bonds is 13. The normalized spacial score (nSPS) is 29.7.